The van der Waals surface area contributed by atoms with E-state index < -0.39 is 0 Å². The molecule has 3 heterocycles. The molecule has 1 aromatic rings. The Balaban J connectivity index is 1.69. The minimum atomic E-state index is -0.238. The molecule has 1 unspecified atom stereocenters. The standard InChI is InChI=1S/C17H19NO2/c1-2-13-12-18-11-10-14(13)8-9-16(18)20-17(19)15-6-4-3-5-7-15/h1,3-7,13-14,16H,8-12H2/t13-,14+,16-/m0/s1. The predicted molar refractivity (Wildman–Crippen MR) is 76.9 cm³/mol. The third-order valence-corrected chi connectivity index (χ3v) is 4.45. The Labute approximate surface area is 119 Å². The number of esters is 1. The molecular formula is C17H19NO2. The molecule has 0 N–H and O–H groups in total. The van der Waals surface area contributed by atoms with E-state index in [-0.39, 0.29) is 12.2 Å². The molecule has 0 aromatic heterocycles. The average molecular weight is 269 g/mol. The van der Waals surface area contributed by atoms with Crippen molar-refractivity contribution < 1.29 is 9.53 Å². The molecule has 20 heavy (non-hydrogen) atoms. The molecule has 104 valence electrons. The largest absolute Gasteiger partial charge is 0.443 e. The second-order valence-electron chi connectivity index (χ2n) is 5.62. The summed E-state index contributed by atoms with van der Waals surface area (Å²) in [7, 11) is 0. The number of carbonyl (C=O) groups excluding carboxylic acids is 1. The van der Waals surface area contributed by atoms with Gasteiger partial charge in [0.2, 0.25) is 0 Å². The number of piperidine rings is 1. The van der Waals surface area contributed by atoms with Crippen LogP contribution in [-0.2, 0) is 4.74 Å². The third-order valence-electron chi connectivity index (χ3n) is 4.45. The zero-order valence-electron chi connectivity index (χ0n) is 11.5. The first-order valence-corrected chi connectivity index (χ1v) is 7.24. The summed E-state index contributed by atoms with van der Waals surface area (Å²) in [4.78, 5) is 14.4. The summed E-state index contributed by atoms with van der Waals surface area (Å²) in [5, 5.41) is 0. The van der Waals surface area contributed by atoms with Gasteiger partial charge in [0.15, 0.2) is 6.23 Å². The number of fused-ring (bicyclic) bond motifs is 4. The van der Waals surface area contributed by atoms with Crippen LogP contribution in [0.15, 0.2) is 30.3 Å². The molecular weight excluding hydrogens is 250 g/mol. The first kappa shape index (κ1) is 13.2. The normalized spacial score (nSPS) is 32.1. The number of terminal acetylenes is 1. The van der Waals surface area contributed by atoms with E-state index >= 15 is 0 Å². The molecule has 0 spiro atoms. The maximum absolute atomic E-state index is 12.2. The minimum absolute atomic E-state index is 0.119. The highest BCUT2D eigenvalue weighted by molar-refractivity contribution is 5.89. The molecule has 0 amide bonds. The second-order valence-corrected chi connectivity index (χ2v) is 5.62. The summed E-state index contributed by atoms with van der Waals surface area (Å²) in [5.41, 5.74) is 0.612. The number of benzene rings is 1. The van der Waals surface area contributed by atoms with Crippen LogP contribution in [0.2, 0.25) is 0 Å². The maximum atomic E-state index is 12.2. The Hall–Kier alpha value is -1.79. The molecule has 3 heteroatoms. The lowest BCUT2D eigenvalue weighted by Crippen LogP contribution is -2.43. The molecule has 1 aromatic carbocycles. The van der Waals surface area contributed by atoms with Gasteiger partial charge in [-0.3, -0.25) is 4.90 Å². The van der Waals surface area contributed by atoms with Gasteiger partial charge in [-0.2, -0.15) is 0 Å². The second kappa shape index (κ2) is 5.68. The molecule has 3 aliphatic rings. The maximum Gasteiger partial charge on any atom is 0.339 e. The Morgan fingerprint density at radius 2 is 2.05 bits per heavy atom. The monoisotopic (exact) mass is 269 g/mol. The van der Waals surface area contributed by atoms with Crippen LogP contribution in [0.25, 0.3) is 0 Å². The van der Waals surface area contributed by atoms with Gasteiger partial charge in [0, 0.05) is 19.0 Å². The zero-order chi connectivity index (χ0) is 13.9. The number of ether oxygens (including phenoxy) is 1. The van der Waals surface area contributed by atoms with Gasteiger partial charge in [0.1, 0.15) is 0 Å². The van der Waals surface area contributed by atoms with Crippen molar-refractivity contribution in [1.29, 1.82) is 0 Å². The van der Waals surface area contributed by atoms with E-state index in [1.54, 1.807) is 12.1 Å². The Bertz CT molecular complexity index is 520. The van der Waals surface area contributed by atoms with Crippen molar-refractivity contribution in [3.8, 4) is 12.3 Å². The Morgan fingerprint density at radius 3 is 2.80 bits per heavy atom. The van der Waals surface area contributed by atoms with E-state index in [9.17, 15) is 4.79 Å². The van der Waals surface area contributed by atoms with E-state index in [4.69, 9.17) is 11.2 Å². The highest BCUT2D eigenvalue weighted by atomic mass is 16.6. The van der Waals surface area contributed by atoms with E-state index in [0.717, 1.165) is 32.4 Å². The molecule has 3 nitrogen and oxygen atoms in total. The molecule has 3 fully saturated rings. The van der Waals surface area contributed by atoms with Crippen LogP contribution in [0.4, 0.5) is 0 Å². The van der Waals surface area contributed by atoms with Crippen molar-refractivity contribution in [3.63, 3.8) is 0 Å². The van der Waals surface area contributed by atoms with Crippen molar-refractivity contribution >= 4 is 5.97 Å². The minimum Gasteiger partial charge on any atom is -0.443 e. The zero-order valence-corrected chi connectivity index (χ0v) is 11.5. The van der Waals surface area contributed by atoms with E-state index in [0.29, 0.717) is 17.4 Å². The summed E-state index contributed by atoms with van der Waals surface area (Å²) < 4.78 is 5.70. The van der Waals surface area contributed by atoms with Gasteiger partial charge in [-0.1, -0.05) is 18.2 Å². The lowest BCUT2D eigenvalue weighted by molar-refractivity contribution is -0.0370. The fraction of sp³-hybridized carbons (Fsp3) is 0.471. The molecule has 4 atom stereocenters. The van der Waals surface area contributed by atoms with Gasteiger partial charge in [-0.05, 0) is 37.3 Å². The molecule has 3 aliphatic heterocycles. The van der Waals surface area contributed by atoms with Crippen LogP contribution in [-0.4, -0.2) is 30.2 Å². The third kappa shape index (κ3) is 2.57. The number of hydrogen-bond donors (Lipinski definition) is 0. The van der Waals surface area contributed by atoms with Crippen LogP contribution in [0.1, 0.15) is 29.6 Å². The molecule has 0 aliphatic carbocycles. The van der Waals surface area contributed by atoms with Crippen molar-refractivity contribution in [3.05, 3.63) is 35.9 Å². The lowest BCUT2D eigenvalue weighted by atomic mass is 9.85. The van der Waals surface area contributed by atoms with Crippen LogP contribution in [0.3, 0.4) is 0 Å². The van der Waals surface area contributed by atoms with Crippen molar-refractivity contribution in [2.24, 2.45) is 11.8 Å². The van der Waals surface area contributed by atoms with Gasteiger partial charge < -0.3 is 4.74 Å². The number of nitrogens with zero attached hydrogens (tertiary/aromatic N) is 1. The van der Waals surface area contributed by atoms with E-state index in [1.165, 1.54) is 0 Å². The summed E-state index contributed by atoms with van der Waals surface area (Å²) in [5.74, 6) is 3.56. The fourth-order valence-electron chi connectivity index (χ4n) is 3.26. The predicted octanol–water partition coefficient (Wildman–Crippen LogP) is 2.53. The lowest BCUT2D eigenvalue weighted by Gasteiger charge is -2.34. The van der Waals surface area contributed by atoms with Crippen LogP contribution in [0.5, 0.6) is 0 Å². The van der Waals surface area contributed by atoms with Crippen molar-refractivity contribution in [1.82, 2.24) is 4.90 Å². The van der Waals surface area contributed by atoms with Gasteiger partial charge in [0.25, 0.3) is 0 Å². The number of hydrogen-bond acceptors (Lipinski definition) is 3. The van der Waals surface area contributed by atoms with E-state index in [1.807, 2.05) is 18.2 Å². The van der Waals surface area contributed by atoms with Crippen molar-refractivity contribution in [2.45, 2.75) is 25.5 Å². The Kier molecular flexibility index (Phi) is 3.75. The summed E-state index contributed by atoms with van der Waals surface area (Å²) in [6, 6.07) is 9.17. The van der Waals surface area contributed by atoms with Crippen LogP contribution < -0.4 is 0 Å². The highest BCUT2D eigenvalue weighted by Crippen LogP contribution is 2.34. The first-order valence-electron chi connectivity index (χ1n) is 7.24. The molecule has 0 saturated carbocycles. The fourth-order valence-corrected chi connectivity index (χ4v) is 3.26. The molecule has 0 radical (unpaired) electrons. The van der Waals surface area contributed by atoms with E-state index in [2.05, 4.69) is 10.8 Å². The quantitative estimate of drug-likeness (QED) is 0.610. The number of carbonyl (C=O) groups is 1. The smallest absolute Gasteiger partial charge is 0.339 e. The summed E-state index contributed by atoms with van der Waals surface area (Å²) in [6.45, 7) is 1.84. The number of rotatable bonds is 2. The van der Waals surface area contributed by atoms with Crippen LogP contribution >= 0.6 is 0 Å². The molecule has 2 bridgehead atoms. The Morgan fingerprint density at radius 1 is 1.25 bits per heavy atom. The van der Waals surface area contributed by atoms with Gasteiger partial charge in [-0.25, -0.2) is 4.79 Å². The average Bonchev–Trinajstić information content (AvgIpc) is 2.79. The highest BCUT2D eigenvalue weighted by Gasteiger charge is 2.37. The van der Waals surface area contributed by atoms with Gasteiger partial charge in [-0.15, -0.1) is 12.3 Å². The van der Waals surface area contributed by atoms with Gasteiger partial charge >= 0.3 is 5.97 Å². The first-order chi connectivity index (χ1) is 9.78. The molecule has 3 saturated heterocycles. The van der Waals surface area contributed by atoms with Crippen molar-refractivity contribution in [2.75, 3.05) is 13.1 Å². The molecule has 4 rings (SSSR count). The van der Waals surface area contributed by atoms with Gasteiger partial charge in [0.05, 0.1) is 5.56 Å². The summed E-state index contributed by atoms with van der Waals surface area (Å²) in [6.07, 6.45) is 8.56. The SMILES string of the molecule is C#C[C@H]1CN2CC[C@H]1CC[C@@H]2OC(=O)c1ccccc1. The summed E-state index contributed by atoms with van der Waals surface area (Å²) >= 11 is 0. The van der Waals surface area contributed by atoms with Crippen LogP contribution in [0, 0.1) is 24.2 Å². The topological polar surface area (TPSA) is 29.5 Å².